The largest absolute Gasteiger partial charge is 0.349 e. The molecule has 3 N–H and O–H groups in total. The Morgan fingerprint density at radius 3 is 2.76 bits per heavy atom. The molecule has 0 aliphatic carbocycles. The third kappa shape index (κ3) is 5.15. The zero-order chi connectivity index (χ0) is 14.8. The Balaban J connectivity index is 0.00000220. The van der Waals surface area contributed by atoms with E-state index in [1.807, 2.05) is 38.1 Å². The summed E-state index contributed by atoms with van der Waals surface area (Å²) in [6.07, 6.45) is 1.75. The van der Waals surface area contributed by atoms with Gasteiger partial charge in [0.1, 0.15) is 0 Å². The second-order valence-corrected chi connectivity index (χ2v) is 6.21. The van der Waals surface area contributed by atoms with Gasteiger partial charge < -0.3 is 11.1 Å². The normalized spacial score (nSPS) is 10.9. The van der Waals surface area contributed by atoms with Crippen molar-refractivity contribution in [2.45, 2.75) is 19.4 Å². The summed E-state index contributed by atoms with van der Waals surface area (Å²) in [4.78, 5) is 12.0. The van der Waals surface area contributed by atoms with E-state index in [0.717, 1.165) is 10.2 Å². The molecule has 0 aliphatic rings. The minimum atomic E-state index is -0.442. The first kappa shape index (κ1) is 17.7. The lowest BCUT2D eigenvalue weighted by molar-refractivity contribution is 0.0940. The number of hydrogen-bond acceptors (Lipinski definition) is 3. The van der Waals surface area contributed by atoms with E-state index in [2.05, 4.69) is 26.3 Å². The van der Waals surface area contributed by atoms with Crippen LogP contribution in [-0.2, 0) is 0 Å². The lowest BCUT2D eigenvalue weighted by atomic mass is 10.1. The third-order valence-corrected chi connectivity index (χ3v) is 3.09. The predicted octanol–water partition coefficient (Wildman–Crippen LogP) is 2.52. The van der Waals surface area contributed by atoms with Crippen LogP contribution in [0.5, 0.6) is 0 Å². The molecule has 0 fully saturated rings. The fourth-order valence-electron chi connectivity index (χ4n) is 1.61. The minimum absolute atomic E-state index is 0. The summed E-state index contributed by atoms with van der Waals surface area (Å²) < 4.78 is 2.62. The highest BCUT2D eigenvalue weighted by Gasteiger charge is 2.15. The highest BCUT2D eigenvalue weighted by molar-refractivity contribution is 9.10. The standard InChI is InChI=1S/C14H17BrN4O.ClH/c1-14(2,16)9-17-13(20)12-6-7-19(18-12)11-5-3-4-10(15)8-11;/h3-8H,9,16H2,1-2H3,(H,17,20);1H. The zero-order valence-electron chi connectivity index (χ0n) is 11.8. The Morgan fingerprint density at radius 2 is 2.14 bits per heavy atom. The number of nitrogens with two attached hydrogens (primary N) is 1. The minimum Gasteiger partial charge on any atom is -0.349 e. The van der Waals surface area contributed by atoms with E-state index in [1.165, 1.54) is 0 Å². The van der Waals surface area contributed by atoms with Gasteiger partial charge in [-0.2, -0.15) is 5.10 Å². The number of benzene rings is 1. The number of nitrogens with zero attached hydrogens (tertiary/aromatic N) is 2. The first-order valence-electron chi connectivity index (χ1n) is 6.24. The Kier molecular flexibility index (Phi) is 5.95. The SMILES string of the molecule is CC(C)(N)CNC(=O)c1ccn(-c2cccc(Br)c2)n1.Cl. The summed E-state index contributed by atoms with van der Waals surface area (Å²) in [6.45, 7) is 4.11. The molecule has 114 valence electrons. The van der Waals surface area contributed by atoms with Gasteiger partial charge in [0, 0.05) is 22.8 Å². The smallest absolute Gasteiger partial charge is 0.271 e. The molecule has 0 unspecified atom stereocenters. The molecule has 7 heteroatoms. The monoisotopic (exact) mass is 372 g/mol. The maximum absolute atomic E-state index is 12.0. The first-order valence-corrected chi connectivity index (χ1v) is 7.03. The van der Waals surface area contributed by atoms with Gasteiger partial charge in [-0.3, -0.25) is 4.79 Å². The second kappa shape index (κ2) is 7.06. The number of aromatic nitrogens is 2. The molecule has 0 atom stereocenters. The van der Waals surface area contributed by atoms with Crippen LogP contribution in [0.3, 0.4) is 0 Å². The molecule has 2 rings (SSSR count). The van der Waals surface area contributed by atoms with E-state index in [4.69, 9.17) is 5.73 Å². The van der Waals surface area contributed by atoms with Crippen LogP contribution in [0.4, 0.5) is 0 Å². The molecule has 0 aliphatic heterocycles. The number of hydrogen-bond donors (Lipinski definition) is 2. The molecule has 0 bridgehead atoms. The number of nitrogens with one attached hydrogen (secondary N) is 1. The summed E-state index contributed by atoms with van der Waals surface area (Å²) in [7, 11) is 0. The molecular formula is C14H18BrClN4O. The van der Waals surface area contributed by atoms with Crippen molar-refractivity contribution in [3.8, 4) is 5.69 Å². The second-order valence-electron chi connectivity index (χ2n) is 5.30. The molecule has 5 nitrogen and oxygen atoms in total. The van der Waals surface area contributed by atoms with E-state index in [1.54, 1.807) is 16.9 Å². The van der Waals surface area contributed by atoms with Crippen LogP contribution >= 0.6 is 28.3 Å². The molecule has 0 saturated carbocycles. The Hall–Kier alpha value is -1.37. The summed E-state index contributed by atoms with van der Waals surface area (Å²) in [5.41, 5.74) is 6.64. The number of carbonyl (C=O) groups excluding carboxylic acids is 1. The van der Waals surface area contributed by atoms with Crippen LogP contribution in [0.1, 0.15) is 24.3 Å². The average Bonchev–Trinajstić information content (AvgIpc) is 2.84. The number of rotatable bonds is 4. The molecule has 0 spiro atoms. The third-order valence-electron chi connectivity index (χ3n) is 2.60. The molecule has 1 amide bonds. The molecule has 1 aromatic heterocycles. The number of amides is 1. The van der Waals surface area contributed by atoms with Crippen LogP contribution in [0.2, 0.25) is 0 Å². The van der Waals surface area contributed by atoms with Gasteiger partial charge in [0.2, 0.25) is 0 Å². The van der Waals surface area contributed by atoms with E-state index in [0.29, 0.717) is 12.2 Å². The Labute approximate surface area is 138 Å². The van der Waals surface area contributed by atoms with Gasteiger partial charge in [0.25, 0.3) is 5.91 Å². The van der Waals surface area contributed by atoms with Crippen molar-refractivity contribution in [1.82, 2.24) is 15.1 Å². The van der Waals surface area contributed by atoms with Gasteiger partial charge in [-0.15, -0.1) is 12.4 Å². The van der Waals surface area contributed by atoms with Gasteiger partial charge in [-0.05, 0) is 38.1 Å². The molecule has 1 aromatic carbocycles. The Bertz CT molecular complexity index is 621. The van der Waals surface area contributed by atoms with Gasteiger partial charge in [0.15, 0.2) is 5.69 Å². The van der Waals surface area contributed by atoms with Gasteiger partial charge in [-0.1, -0.05) is 22.0 Å². The van der Waals surface area contributed by atoms with Crippen LogP contribution in [0, 0.1) is 0 Å². The molecule has 2 aromatic rings. The highest BCUT2D eigenvalue weighted by Crippen LogP contribution is 2.15. The van der Waals surface area contributed by atoms with Crippen LogP contribution in [0.15, 0.2) is 41.0 Å². The molecular weight excluding hydrogens is 356 g/mol. The summed E-state index contributed by atoms with van der Waals surface area (Å²) in [6, 6.07) is 9.38. The molecule has 0 radical (unpaired) electrons. The van der Waals surface area contributed by atoms with E-state index >= 15 is 0 Å². The van der Waals surface area contributed by atoms with E-state index in [9.17, 15) is 4.79 Å². The van der Waals surface area contributed by atoms with Crippen LogP contribution in [0.25, 0.3) is 5.69 Å². The van der Waals surface area contributed by atoms with Crippen molar-refractivity contribution in [1.29, 1.82) is 0 Å². The van der Waals surface area contributed by atoms with Crippen LogP contribution in [-0.4, -0.2) is 27.8 Å². The van der Waals surface area contributed by atoms with Crippen molar-refractivity contribution in [3.05, 3.63) is 46.7 Å². The number of carbonyl (C=O) groups is 1. The summed E-state index contributed by atoms with van der Waals surface area (Å²) in [5.74, 6) is -0.225. The first-order chi connectivity index (χ1) is 9.35. The molecule has 0 saturated heterocycles. The van der Waals surface area contributed by atoms with Gasteiger partial charge in [-0.25, -0.2) is 4.68 Å². The van der Waals surface area contributed by atoms with Crippen molar-refractivity contribution in [2.75, 3.05) is 6.54 Å². The highest BCUT2D eigenvalue weighted by atomic mass is 79.9. The summed E-state index contributed by atoms with van der Waals surface area (Å²) in [5, 5.41) is 7.03. The van der Waals surface area contributed by atoms with E-state index < -0.39 is 5.54 Å². The molecule has 21 heavy (non-hydrogen) atoms. The molecule has 1 heterocycles. The topological polar surface area (TPSA) is 72.9 Å². The van der Waals surface area contributed by atoms with Crippen molar-refractivity contribution in [3.63, 3.8) is 0 Å². The maximum atomic E-state index is 12.0. The van der Waals surface area contributed by atoms with Crippen molar-refractivity contribution in [2.24, 2.45) is 5.73 Å². The van der Waals surface area contributed by atoms with Gasteiger partial charge >= 0.3 is 0 Å². The predicted molar refractivity (Wildman–Crippen MR) is 89.1 cm³/mol. The fraction of sp³-hybridized carbons (Fsp3) is 0.286. The zero-order valence-corrected chi connectivity index (χ0v) is 14.2. The fourth-order valence-corrected chi connectivity index (χ4v) is 1.99. The average molecular weight is 374 g/mol. The van der Waals surface area contributed by atoms with Crippen molar-refractivity contribution < 1.29 is 4.79 Å². The lowest BCUT2D eigenvalue weighted by Crippen LogP contribution is -2.45. The van der Waals surface area contributed by atoms with E-state index in [-0.39, 0.29) is 18.3 Å². The van der Waals surface area contributed by atoms with Crippen molar-refractivity contribution >= 4 is 34.2 Å². The van der Waals surface area contributed by atoms with Crippen LogP contribution < -0.4 is 11.1 Å². The summed E-state index contributed by atoms with van der Waals surface area (Å²) >= 11 is 3.41. The quantitative estimate of drug-likeness (QED) is 0.865. The Morgan fingerprint density at radius 1 is 1.43 bits per heavy atom. The number of halogens is 2. The lowest BCUT2D eigenvalue weighted by Gasteiger charge is -2.18. The maximum Gasteiger partial charge on any atom is 0.271 e. The van der Waals surface area contributed by atoms with Gasteiger partial charge in [0.05, 0.1) is 5.69 Å².